The van der Waals surface area contributed by atoms with Crippen molar-refractivity contribution >= 4 is 21.6 Å². The van der Waals surface area contributed by atoms with E-state index in [0.717, 1.165) is 29.9 Å². The van der Waals surface area contributed by atoms with E-state index in [1.165, 1.54) is 18.5 Å². The molecule has 90 valence electrons. The van der Waals surface area contributed by atoms with E-state index in [9.17, 15) is 0 Å². The van der Waals surface area contributed by atoms with Gasteiger partial charge in [0, 0.05) is 23.2 Å². The first-order chi connectivity index (χ1) is 8.24. The first-order valence-corrected chi connectivity index (χ1v) is 6.98. The maximum absolute atomic E-state index is 8.91. The highest BCUT2D eigenvalue weighted by molar-refractivity contribution is 9.10. The van der Waals surface area contributed by atoms with Crippen molar-refractivity contribution in [2.45, 2.75) is 26.2 Å². The van der Waals surface area contributed by atoms with Gasteiger partial charge in [-0.25, -0.2) is 0 Å². The zero-order valence-electron chi connectivity index (χ0n) is 10.1. The first kappa shape index (κ1) is 12.4. The molecule has 1 aromatic rings. The van der Waals surface area contributed by atoms with Crippen LogP contribution in [0.1, 0.15) is 31.7 Å². The van der Waals surface area contributed by atoms with Gasteiger partial charge >= 0.3 is 0 Å². The molecule has 0 unspecified atom stereocenters. The zero-order valence-corrected chi connectivity index (χ0v) is 11.7. The normalized spacial score (nSPS) is 14.4. The number of hydrogen-bond donors (Lipinski definition) is 0. The van der Waals surface area contributed by atoms with E-state index < -0.39 is 0 Å². The number of anilines is 1. The number of nitriles is 1. The molecule has 0 spiro atoms. The second-order valence-electron chi connectivity index (χ2n) is 4.67. The maximum atomic E-state index is 8.91. The molecule has 1 aliphatic rings. The number of rotatable bonds is 5. The molecule has 0 heterocycles. The van der Waals surface area contributed by atoms with Crippen LogP contribution in [0.25, 0.3) is 0 Å². The minimum Gasteiger partial charge on any atom is -0.371 e. The van der Waals surface area contributed by atoms with Gasteiger partial charge in [-0.1, -0.05) is 6.92 Å². The topological polar surface area (TPSA) is 27.0 Å². The second kappa shape index (κ2) is 5.55. The van der Waals surface area contributed by atoms with Crippen molar-refractivity contribution in [3.05, 3.63) is 28.2 Å². The quantitative estimate of drug-likeness (QED) is 0.822. The summed E-state index contributed by atoms with van der Waals surface area (Å²) in [5, 5.41) is 8.91. The minimum atomic E-state index is 0.705. The molecule has 0 aliphatic heterocycles. The maximum Gasteiger partial charge on any atom is 0.100 e. The Labute approximate surface area is 111 Å². The van der Waals surface area contributed by atoms with Crippen LogP contribution in [0.5, 0.6) is 0 Å². The van der Waals surface area contributed by atoms with E-state index in [4.69, 9.17) is 5.26 Å². The van der Waals surface area contributed by atoms with Gasteiger partial charge in [0.1, 0.15) is 6.07 Å². The van der Waals surface area contributed by atoms with E-state index in [1.807, 2.05) is 6.07 Å². The van der Waals surface area contributed by atoms with Gasteiger partial charge in [0.25, 0.3) is 0 Å². The van der Waals surface area contributed by atoms with Gasteiger partial charge in [-0.2, -0.15) is 5.26 Å². The van der Waals surface area contributed by atoms with Gasteiger partial charge in [-0.15, -0.1) is 0 Å². The molecule has 0 radical (unpaired) electrons. The third-order valence-corrected chi connectivity index (χ3v) is 3.76. The Morgan fingerprint density at radius 3 is 2.76 bits per heavy atom. The third kappa shape index (κ3) is 3.23. The molecule has 2 rings (SSSR count). The SMILES string of the molecule is CCCN(CC1CC1)c1ccc(C#N)c(Br)c1. The lowest BCUT2D eigenvalue weighted by molar-refractivity contribution is 0.708. The number of hydrogen-bond acceptors (Lipinski definition) is 2. The molecule has 1 saturated carbocycles. The molecule has 0 N–H and O–H groups in total. The largest absolute Gasteiger partial charge is 0.371 e. The fourth-order valence-electron chi connectivity index (χ4n) is 2.00. The van der Waals surface area contributed by atoms with E-state index in [1.54, 1.807) is 0 Å². The average molecular weight is 293 g/mol. The molecule has 0 saturated heterocycles. The van der Waals surface area contributed by atoms with Crippen molar-refractivity contribution in [1.82, 2.24) is 0 Å². The van der Waals surface area contributed by atoms with E-state index in [2.05, 4.69) is 46.0 Å². The van der Waals surface area contributed by atoms with E-state index in [-0.39, 0.29) is 0 Å². The molecule has 0 aromatic heterocycles. The lowest BCUT2D eigenvalue weighted by atomic mass is 10.2. The van der Waals surface area contributed by atoms with Crippen LogP contribution in [0.4, 0.5) is 5.69 Å². The predicted octanol–water partition coefficient (Wildman–Crippen LogP) is 3.95. The Morgan fingerprint density at radius 2 is 2.24 bits per heavy atom. The monoisotopic (exact) mass is 292 g/mol. The lowest BCUT2D eigenvalue weighted by Crippen LogP contribution is -2.26. The number of nitrogens with zero attached hydrogens (tertiary/aromatic N) is 2. The average Bonchev–Trinajstić information content (AvgIpc) is 3.12. The van der Waals surface area contributed by atoms with Crippen molar-refractivity contribution in [2.75, 3.05) is 18.0 Å². The lowest BCUT2D eigenvalue weighted by Gasteiger charge is -2.24. The van der Waals surface area contributed by atoms with Crippen LogP contribution >= 0.6 is 15.9 Å². The third-order valence-electron chi connectivity index (χ3n) is 3.11. The predicted molar refractivity (Wildman–Crippen MR) is 74.1 cm³/mol. The summed E-state index contributed by atoms with van der Waals surface area (Å²) in [6.45, 7) is 4.46. The molecule has 1 aliphatic carbocycles. The van der Waals surface area contributed by atoms with Crippen LogP contribution in [-0.4, -0.2) is 13.1 Å². The van der Waals surface area contributed by atoms with Crippen molar-refractivity contribution in [3.8, 4) is 6.07 Å². The molecule has 3 heteroatoms. The van der Waals surface area contributed by atoms with Crippen molar-refractivity contribution in [1.29, 1.82) is 5.26 Å². The fraction of sp³-hybridized carbons (Fsp3) is 0.500. The van der Waals surface area contributed by atoms with Gasteiger partial charge < -0.3 is 4.90 Å². The highest BCUT2D eigenvalue weighted by Crippen LogP contribution is 2.32. The van der Waals surface area contributed by atoms with Crippen molar-refractivity contribution in [2.24, 2.45) is 5.92 Å². The molecule has 1 fully saturated rings. The van der Waals surface area contributed by atoms with Gasteiger partial charge in [0.15, 0.2) is 0 Å². The Hall–Kier alpha value is -1.01. The summed E-state index contributed by atoms with van der Waals surface area (Å²) in [4.78, 5) is 2.43. The standard InChI is InChI=1S/C14H17BrN2/c1-2-7-17(10-11-3-4-11)13-6-5-12(9-16)14(15)8-13/h5-6,8,11H,2-4,7,10H2,1H3. The van der Waals surface area contributed by atoms with Crippen molar-refractivity contribution in [3.63, 3.8) is 0 Å². The van der Waals surface area contributed by atoms with E-state index in [0.29, 0.717) is 5.56 Å². The molecule has 0 bridgehead atoms. The number of benzene rings is 1. The number of halogens is 1. The summed E-state index contributed by atoms with van der Waals surface area (Å²) in [6.07, 6.45) is 3.90. The Morgan fingerprint density at radius 1 is 1.47 bits per heavy atom. The highest BCUT2D eigenvalue weighted by Gasteiger charge is 2.24. The van der Waals surface area contributed by atoms with Gasteiger partial charge in [-0.05, 0) is 59.3 Å². The molecule has 2 nitrogen and oxygen atoms in total. The molecule has 0 atom stereocenters. The Balaban J connectivity index is 2.16. The van der Waals surface area contributed by atoms with Crippen LogP contribution in [0, 0.1) is 17.2 Å². The minimum absolute atomic E-state index is 0.705. The first-order valence-electron chi connectivity index (χ1n) is 6.19. The zero-order chi connectivity index (χ0) is 12.3. The fourth-order valence-corrected chi connectivity index (χ4v) is 2.45. The van der Waals surface area contributed by atoms with Gasteiger partial charge in [0.05, 0.1) is 5.56 Å². The summed E-state index contributed by atoms with van der Waals surface area (Å²) in [7, 11) is 0. The Kier molecular flexibility index (Phi) is 4.06. The molecular weight excluding hydrogens is 276 g/mol. The van der Waals surface area contributed by atoms with Crippen LogP contribution in [0.3, 0.4) is 0 Å². The summed E-state index contributed by atoms with van der Waals surface area (Å²) in [5.74, 6) is 0.885. The molecular formula is C14H17BrN2. The van der Waals surface area contributed by atoms with E-state index >= 15 is 0 Å². The van der Waals surface area contributed by atoms with Gasteiger partial charge in [0.2, 0.25) is 0 Å². The highest BCUT2D eigenvalue weighted by atomic mass is 79.9. The molecule has 0 amide bonds. The molecule has 17 heavy (non-hydrogen) atoms. The van der Waals surface area contributed by atoms with Crippen LogP contribution in [0.2, 0.25) is 0 Å². The van der Waals surface area contributed by atoms with Crippen LogP contribution in [-0.2, 0) is 0 Å². The van der Waals surface area contributed by atoms with Crippen LogP contribution in [0.15, 0.2) is 22.7 Å². The molecule has 1 aromatic carbocycles. The summed E-state index contributed by atoms with van der Waals surface area (Å²) >= 11 is 3.46. The summed E-state index contributed by atoms with van der Waals surface area (Å²) in [5.41, 5.74) is 1.93. The summed E-state index contributed by atoms with van der Waals surface area (Å²) in [6, 6.07) is 8.20. The smallest absolute Gasteiger partial charge is 0.100 e. The van der Waals surface area contributed by atoms with Crippen molar-refractivity contribution < 1.29 is 0 Å². The van der Waals surface area contributed by atoms with Crippen LogP contribution < -0.4 is 4.90 Å². The second-order valence-corrected chi connectivity index (χ2v) is 5.52. The Bertz CT molecular complexity index is 432. The van der Waals surface area contributed by atoms with Gasteiger partial charge in [-0.3, -0.25) is 0 Å². The summed E-state index contributed by atoms with van der Waals surface area (Å²) < 4.78 is 0.898.